The molecule has 0 aliphatic carbocycles. The van der Waals surface area contributed by atoms with E-state index < -0.39 is 12.1 Å². The molecule has 1 aromatic carbocycles. The Hall–Kier alpha value is -2.61. The van der Waals surface area contributed by atoms with Crippen molar-refractivity contribution in [3.05, 3.63) is 41.5 Å². The molecule has 110 valence electrons. The first-order valence-electron chi connectivity index (χ1n) is 6.73. The van der Waals surface area contributed by atoms with E-state index in [0.717, 1.165) is 12.0 Å². The summed E-state index contributed by atoms with van der Waals surface area (Å²) in [5, 5.41) is 11.3. The lowest BCUT2D eigenvalue weighted by Crippen LogP contribution is -2.35. The van der Waals surface area contributed by atoms with E-state index in [1.807, 2.05) is 13.0 Å². The molecule has 1 N–H and O–H groups in total. The molecule has 0 radical (unpaired) electrons. The summed E-state index contributed by atoms with van der Waals surface area (Å²) in [4.78, 5) is 23.1. The first-order valence-corrected chi connectivity index (χ1v) is 6.73. The Kier molecular flexibility index (Phi) is 6.69. The number of benzene rings is 1. The summed E-state index contributed by atoms with van der Waals surface area (Å²) in [6, 6.07) is 8.78. The lowest BCUT2D eigenvalue weighted by atomic mass is 10.1. The van der Waals surface area contributed by atoms with Crippen LogP contribution in [0.5, 0.6) is 0 Å². The van der Waals surface area contributed by atoms with Crippen LogP contribution in [0.25, 0.3) is 6.08 Å². The molecule has 1 amide bonds. The van der Waals surface area contributed by atoms with Gasteiger partial charge in [0.2, 0.25) is 0 Å². The number of nitrogens with zero attached hydrogens (tertiary/aromatic N) is 1. The molecular formula is C16H18N2O3. The van der Waals surface area contributed by atoms with Crippen molar-refractivity contribution in [1.82, 2.24) is 5.32 Å². The van der Waals surface area contributed by atoms with Gasteiger partial charge in [-0.15, -0.1) is 0 Å². The third kappa shape index (κ3) is 5.91. The molecule has 0 saturated heterocycles. The fourth-order valence-electron chi connectivity index (χ4n) is 1.49. The number of nitrogens with one attached hydrogen (secondary N) is 1. The molecule has 0 heterocycles. The maximum Gasteiger partial charge on any atom is 0.331 e. The summed E-state index contributed by atoms with van der Waals surface area (Å²) in [5.41, 5.74) is 1.32. The van der Waals surface area contributed by atoms with Crippen molar-refractivity contribution in [3.8, 4) is 6.07 Å². The molecule has 0 aromatic heterocycles. The number of rotatable bonds is 6. The van der Waals surface area contributed by atoms with Crippen LogP contribution < -0.4 is 5.32 Å². The largest absolute Gasteiger partial charge is 0.449 e. The zero-order valence-electron chi connectivity index (χ0n) is 12.1. The molecule has 5 nitrogen and oxygen atoms in total. The van der Waals surface area contributed by atoms with Gasteiger partial charge in [-0.25, -0.2) is 4.79 Å². The van der Waals surface area contributed by atoms with E-state index in [0.29, 0.717) is 12.1 Å². The monoisotopic (exact) mass is 286 g/mol. The van der Waals surface area contributed by atoms with Crippen LogP contribution in [0, 0.1) is 11.3 Å². The van der Waals surface area contributed by atoms with Gasteiger partial charge >= 0.3 is 5.97 Å². The Balaban J connectivity index is 2.50. The second-order valence-electron chi connectivity index (χ2n) is 4.44. The molecular weight excluding hydrogens is 268 g/mol. The highest BCUT2D eigenvalue weighted by Crippen LogP contribution is 2.05. The molecule has 0 spiro atoms. The Morgan fingerprint density at radius 3 is 2.62 bits per heavy atom. The first kappa shape index (κ1) is 16.4. The van der Waals surface area contributed by atoms with Crippen molar-refractivity contribution in [2.75, 3.05) is 6.54 Å². The average molecular weight is 286 g/mol. The molecule has 0 saturated carbocycles. The Morgan fingerprint density at radius 2 is 2.05 bits per heavy atom. The standard InChI is InChI=1S/C16H18N2O3/c1-3-10-18-16(20)12(2)21-15(19)9-8-13-4-6-14(11-17)7-5-13/h4-9,12H,3,10H2,1-2H3,(H,18,20)/b9-8+/t12-/m0/s1. The van der Waals surface area contributed by atoms with Crippen molar-refractivity contribution in [2.24, 2.45) is 0 Å². The van der Waals surface area contributed by atoms with Gasteiger partial charge in [0.05, 0.1) is 11.6 Å². The third-order valence-electron chi connectivity index (χ3n) is 2.66. The molecule has 21 heavy (non-hydrogen) atoms. The number of carbonyl (C=O) groups excluding carboxylic acids is 2. The van der Waals surface area contributed by atoms with Crippen LogP contribution in [-0.4, -0.2) is 24.5 Å². The Bertz CT molecular complexity index is 556. The molecule has 1 rings (SSSR count). The fourth-order valence-corrected chi connectivity index (χ4v) is 1.49. The first-order chi connectivity index (χ1) is 10.1. The summed E-state index contributed by atoms with van der Waals surface area (Å²) in [6.07, 6.45) is 2.82. The zero-order valence-corrected chi connectivity index (χ0v) is 12.1. The number of hydrogen-bond acceptors (Lipinski definition) is 4. The van der Waals surface area contributed by atoms with E-state index in [-0.39, 0.29) is 5.91 Å². The summed E-state index contributed by atoms with van der Waals surface area (Å²) < 4.78 is 4.99. The van der Waals surface area contributed by atoms with Crippen LogP contribution in [-0.2, 0) is 14.3 Å². The van der Waals surface area contributed by atoms with Crippen LogP contribution in [0.15, 0.2) is 30.3 Å². The van der Waals surface area contributed by atoms with Gasteiger partial charge in [-0.3, -0.25) is 4.79 Å². The van der Waals surface area contributed by atoms with Crippen LogP contribution in [0.2, 0.25) is 0 Å². The number of hydrogen-bond donors (Lipinski definition) is 1. The molecule has 0 fully saturated rings. The smallest absolute Gasteiger partial charge is 0.331 e. The third-order valence-corrected chi connectivity index (χ3v) is 2.66. The van der Waals surface area contributed by atoms with Crippen molar-refractivity contribution < 1.29 is 14.3 Å². The van der Waals surface area contributed by atoms with Crippen molar-refractivity contribution >= 4 is 18.0 Å². The van der Waals surface area contributed by atoms with Crippen LogP contribution in [0.3, 0.4) is 0 Å². The van der Waals surface area contributed by atoms with Crippen LogP contribution in [0.4, 0.5) is 0 Å². The minimum atomic E-state index is -0.824. The molecule has 1 atom stereocenters. The van der Waals surface area contributed by atoms with Gasteiger partial charge in [0, 0.05) is 12.6 Å². The van der Waals surface area contributed by atoms with E-state index in [4.69, 9.17) is 10.00 Å². The maximum atomic E-state index is 11.6. The van der Waals surface area contributed by atoms with Gasteiger partial charge in [0.25, 0.3) is 5.91 Å². The predicted octanol–water partition coefficient (Wildman–Crippen LogP) is 2.03. The van der Waals surface area contributed by atoms with Crippen LogP contribution in [0.1, 0.15) is 31.4 Å². The summed E-state index contributed by atoms with van der Waals surface area (Å²) >= 11 is 0. The number of nitriles is 1. The van der Waals surface area contributed by atoms with Crippen molar-refractivity contribution in [3.63, 3.8) is 0 Å². The minimum Gasteiger partial charge on any atom is -0.449 e. The number of carbonyl (C=O) groups is 2. The van der Waals surface area contributed by atoms with E-state index in [1.165, 1.54) is 13.0 Å². The Morgan fingerprint density at radius 1 is 1.38 bits per heavy atom. The minimum absolute atomic E-state index is 0.308. The van der Waals surface area contributed by atoms with E-state index in [2.05, 4.69) is 5.32 Å². The highest BCUT2D eigenvalue weighted by Gasteiger charge is 2.15. The second kappa shape index (κ2) is 8.54. The summed E-state index contributed by atoms with van der Waals surface area (Å²) in [6.45, 7) is 4.03. The lowest BCUT2D eigenvalue weighted by molar-refractivity contribution is -0.150. The van der Waals surface area contributed by atoms with E-state index >= 15 is 0 Å². The second-order valence-corrected chi connectivity index (χ2v) is 4.44. The van der Waals surface area contributed by atoms with E-state index in [1.54, 1.807) is 30.3 Å². The topological polar surface area (TPSA) is 79.2 Å². The van der Waals surface area contributed by atoms with E-state index in [9.17, 15) is 9.59 Å². The highest BCUT2D eigenvalue weighted by atomic mass is 16.5. The zero-order chi connectivity index (χ0) is 15.7. The molecule has 0 unspecified atom stereocenters. The van der Waals surface area contributed by atoms with Gasteiger partial charge < -0.3 is 10.1 Å². The molecule has 0 bridgehead atoms. The molecule has 5 heteroatoms. The predicted molar refractivity (Wildman–Crippen MR) is 79.0 cm³/mol. The average Bonchev–Trinajstić information content (AvgIpc) is 2.50. The highest BCUT2D eigenvalue weighted by molar-refractivity contribution is 5.90. The van der Waals surface area contributed by atoms with Crippen molar-refractivity contribution in [2.45, 2.75) is 26.4 Å². The van der Waals surface area contributed by atoms with Crippen molar-refractivity contribution in [1.29, 1.82) is 5.26 Å². The Labute approximate surface area is 124 Å². The summed E-state index contributed by atoms with van der Waals surface area (Å²) in [5.74, 6) is -0.893. The quantitative estimate of drug-likeness (QED) is 0.641. The number of amides is 1. The summed E-state index contributed by atoms with van der Waals surface area (Å²) in [7, 11) is 0. The molecule has 0 aliphatic heterocycles. The normalized spacial score (nSPS) is 11.7. The van der Waals surface area contributed by atoms with Crippen LogP contribution >= 0.6 is 0 Å². The van der Waals surface area contributed by atoms with Gasteiger partial charge in [-0.05, 0) is 37.1 Å². The van der Waals surface area contributed by atoms with Gasteiger partial charge in [-0.1, -0.05) is 19.1 Å². The number of esters is 1. The van der Waals surface area contributed by atoms with Gasteiger partial charge in [-0.2, -0.15) is 5.26 Å². The fraction of sp³-hybridized carbons (Fsp3) is 0.312. The molecule has 0 aliphatic rings. The SMILES string of the molecule is CCCNC(=O)[C@H](C)OC(=O)/C=C/c1ccc(C#N)cc1. The lowest BCUT2D eigenvalue weighted by Gasteiger charge is -2.11. The maximum absolute atomic E-state index is 11.6. The number of ether oxygens (including phenoxy) is 1. The molecule has 1 aromatic rings. The van der Waals surface area contributed by atoms with Gasteiger partial charge in [0.15, 0.2) is 6.10 Å². The van der Waals surface area contributed by atoms with Gasteiger partial charge in [0.1, 0.15) is 0 Å².